The number of carbonyl (C=O) groups is 1. The molecule has 0 radical (unpaired) electrons. The van der Waals surface area contributed by atoms with Crippen LogP contribution in [0.15, 0.2) is 30.9 Å². The minimum atomic E-state index is 0.0526. The van der Waals surface area contributed by atoms with Crippen LogP contribution < -0.4 is 5.32 Å². The van der Waals surface area contributed by atoms with Crippen LogP contribution in [-0.4, -0.2) is 68.5 Å². The third-order valence-corrected chi connectivity index (χ3v) is 8.30. The van der Waals surface area contributed by atoms with E-state index < -0.39 is 0 Å². The third kappa shape index (κ3) is 3.55. The summed E-state index contributed by atoms with van der Waals surface area (Å²) in [4.78, 5) is 28.5. The Kier molecular flexibility index (Phi) is 5.01. The van der Waals surface area contributed by atoms with E-state index in [0.29, 0.717) is 17.0 Å². The van der Waals surface area contributed by atoms with E-state index in [1.807, 2.05) is 17.0 Å². The van der Waals surface area contributed by atoms with Gasteiger partial charge in [0.1, 0.15) is 17.0 Å². The fourth-order valence-electron chi connectivity index (χ4n) is 4.80. The van der Waals surface area contributed by atoms with Crippen LogP contribution in [-0.2, 0) is 17.6 Å². The van der Waals surface area contributed by atoms with E-state index >= 15 is 0 Å². The van der Waals surface area contributed by atoms with Crippen LogP contribution in [0.3, 0.4) is 0 Å². The van der Waals surface area contributed by atoms with E-state index in [2.05, 4.69) is 39.4 Å². The Morgan fingerprint density at radius 1 is 1.30 bits per heavy atom. The number of aromatic nitrogens is 4. The number of halogens is 1. The van der Waals surface area contributed by atoms with Gasteiger partial charge in [-0.3, -0.25) is 4.79 Å². The largest absolute Gasteiger partial charge is 0.339 e. The van der Waals surface area contributed by atoms with Gasteiger partial charge in [-0.25, -0.2) is 14.5 Å². The second kappa shape index (κ2) is 7.93. The number of amides is 1. The van der Waals surface area contributed by atoms with Crippen LogP contribution in [0.1, 0.15) is 16.9 Å². The lowest BCUT2D eigenvalue weighted by Gasteiger charge is -2.44. The minimum absolute atomic E-state index is 0.0526. The highest BCUT2D eigenvalue weighted by Crippen LogP contribution is 2.41. The predicted octanol–water partition coefficient (Wildman–Crippen LogP) is 3.61. The Balaban J connectivity index is 1.27. The molecule has 5 heterocycles. The third-order valence-electron chi connectivity index (χ3n) is 6.84. The number of aryl methyl sites for hydroxylation is 1. The Bertz CT molecular complexity index is 1370. The van der Waals surface area contributed by atoms with Crippen molar-refractivity contribution in [2.75, 3.05) is 32.5 Å². The molecule has 4 aromatic rings. The summed E-state index contributed by atoms with van der Waals surface area (Å²) < 4.78 is 1.74. The van der Waals surface area contributed by atoms with Crippen molar-refractivity contribution in [1.29, 1.82) is 0 Å². The van der Waals surface area contributed by atoms with Crippen LogP contribution >= 0.6 is 22.9 Å². The van der Waals surface area contributed by atoms with Gasteiger partial charge in [0.25, 0.3) is 0 Å². The molecule has 1 atom stereocenters. The Morgan fingerprint density at radius 2 is 2.15 bits per heavy atom. The molecule has 1 amide bonds. The van der Waals surface area contributed by atoms with Gasteiger partial charge in [-0.15, -0.1) is 11.3 Å². The first-order chi connectivity index (χ1) is 16.0. The Labute approximate surface area is 200 Å². The van der Waals surface area contributed by atoms with Crippen molar-refractivity contribution in [3.05, 3.63) is 46.3 Å². The molecule has 2 aliphatic rings. The second-order valence-corrected chi connectivity index (χ2v) is 10.6. The number of nitrogens with one attached hydrogen (secondary N) is 1. The molecule has 10 heteroatoms. The fourth-order valence-corrected chi connectivity index (χ4v) is 6.26. The quantitative estimate of drug-likeness (QED) is 0.479. The molecule has 1 saturated heterocycles. The number of hydrogen-bond acceptors (Lipinski definition) is 7. The lowest BCUT2D eigenvalue weighted by molar-refractivity contribution is -0.142. The van der Waals surface area contributed by atoms with Gasteiger partial charge >= 0.3 is 0 Å². The maximum absolute atomic E-state index is 13.1. The highest BCUT2D eigenvalue weighted by Gasteiger charge is 2.37. The van der Waals surface area contributed by atoms with E-state index in [9.17, 15) is 4.79 Å². The van der Waals surface area contributed by atoms with Gasteiger partial charge < -0.3 is 15.1 Å². The van der Waals surface area contributed by atoms with Gasteiger partial charge in [0.2, 0.25) is 5.91 Å². The van der Waals surface area contributed by atoms with Crippen LogP contribution in [0, 0.1) is 5.92 Å². The highest BCUT2D eigenvalue weighted by molar-refractivity contribution is 7.19. The van der Waals surface area contributed by atoms with Crippen molar-refractivity contribution in [3.8, 4) is 0 Å². The number of rotatable bonds is 4. The molecule has 1 fully saturated rings. The lowest BCUT2D eigenvalue weighted by Crippen LogP contribution is -2.60. The van der Waals surface area contributed by atoms with Gasteiger partial charge in [-0.05, 0) is 51.1 Å². The standard InChI is InChI=1S/C23H24ClN7OS/c1-29(2)15-9-30(10-15)23(32)13-3-4-16-19(7-13)33-22-20(16)21(25-12-26-22)28-18-8-14-5-6-27-31(14)11-17(18)24/h5-6,8,11-13,15H,3-4,7,9-10H2,1-2H3,(H,25,26,28)/t13-/m0/s1. The van der Waals surface area contributed by atoms with Crippen molar-refractivity contribution in [3.63, 3.8) is 0 Å². The van der Waals surface area contributed by atoms with Gasteiger partial charge in [-0.1, -0.05) is 11.6 Å². The second-order valence-electron chi connectivity index (χ2n) is 9.07. The van der Waals surface area contributed by atoms with Crippen molar-refractivity contribution >= 4 is 56.1 Å². The normalized spacial score (nSPS) is 18.7. The number of likely N-dealkylation sites (tertiary alicyclic amines) is 1. The van der Waals surface area contributed by atoms with E-state index in [1.54, 1.807) is 34.6 Å². The molecule has 6 rings (SSSR count). The SMILES string of the molecule is CN(C)C1CN(C(=O)[C@H]2CCc3c(sc4ncnc(Nc5cc6ccnn6cc5Cl)c34)C2)C1. The number of likely N-dealkylation sites (N-methyl/N-ethyl adjacent to an activating group) is 1. The maximum Gasteiger partial charge on any atom is 0.226 e. The molecule has 0 unspecified atom stereocenters. The predicted molar refractivity (Wildman–Crippen MR) is 130 cm³/mol. The van der Waals surface area contributed by atoms with E-state index in [0.717, 1.165) is 59.6 Å². The van der Waals surface area contributed by atoms with Crippen LogP contribution in [0.4, 0.5) is 11.5 Å². The molecule has 4 aromatic heterocycles. The number of nitrogens with zero attached hydrogens (tertiary/aromatic N) is 6. The van der Waals surface area contributed by atoms with Gasteiger partial charge in [-0.2, -0.15) is 5.10 Å². The molecule has 33 heavy (non-hydrogen) atoms. The summed E-state index contributed by atoms with van der Waals surface area (Å²) in [5, 5.41) is 9.27. The van der Waals surface area contributed by atoms with Crippen molar-refractivity contribution in [2.45, 2.75) is 25.3 Å². The summed E-state index contributed by atoms with van der Waals surface area (Å²) in [6.45, 7) is 1.67. The highest BCUT2D eigenvalue weighted by atomic mass is 35.5. The van der Waals surface area contributed by atoms with Crippen molar-refractivity contribution in [1.82, 2.24) is 29.4 Å². The summed E-state index contributed by atoms with van der Waals surface area (Å²) >= 11 is 8.18. The van der Waals surface area contributed by atoms with Crippen LogP contribution in [0.25, 0.3) is 15.7 Å². The molecule has 8 nitrogen and oxygen atoms in total. The van der Waals surface area contributed by atoms with Gasteiger partial charge in [0, 0.05) is 42.3 Å². The number of thiophene rings is 1. The van der Waals surface area contributed by atoms with Crippen LogP contribution in [0.2, 0.25) is 5.02 Å². The number of fused-ring (bicyclic) bond motifs is 4. The average molecular weight is 482 g/mol. The monoisotopic (exact) mass is 481 g/mol. The topological polar surface area (TPSA) is 78.7 Å². The molecule has 0 bridgehead atoms. The number of hydrogen-bond donors (Lipinski definition) is 1. The first-order valence-corrected chi connectivity index (χ1v) is 12.3. The molecule has 0 aromatic carbocycles. The van der Waals surface area contributed by atoms with Crippen molar-refractivity contribution in [2.24, 2.45) is 5.92 Å². The molecule has 1 aliphatic carbocycles. The molecule has 0 spiro atoms. The molecule has 0 saturated carbocycles. The lowest BCUT2D eigenvalue weighted by atomic mass is 9.86. The summed E-state index contributed by atoms with van der Waals surface area (Å²) in [5.41, 5.74) is 2.99. The van der Waals surface area contributed by atoms with Crippen LogP contribution in [0.5, 0.6) is 0 Å². The zero-order chi connectivity index (χ0) is 22.7. The molecular weight excluding hydrogens is 458 g/mol. The zero-order valence-electron chi connectivity index (χ0n) is 18.5. The summed E-state index contributed by atoms with van der Waals surface area (Å²) in [6.07, 6.45) is 7.60. The van der Waals surface area contributed by atoms with Gasteiger partial charge in [0.05, 0.1) is 21.6 Å². The summed E-state index contributed by atoms with van der Waals surface area (Å²) in [7, 11) is 4.15. The van der Waals surface area contributed by atoms with Crippen molar-refractivity contribution < 1.29 is 4.79 Å². The van der Waals surface area contributed by atoms with E-state index in [4.69, 9.17) is 11.6 Å². The molecular formula is C23H24ClN7OS. The smallest absolute Gasteiger partial charge is 0.226 e. The van der Waals surface area contributed by atoms with E-state index in [-0.39, 0.29) is 5.92 Å². The number of anilines is 2. The molecule has 170 valence electrons. The Morgan fingerprint density at radius 3 is 2.97 bits per heavy atom. The summed E-state index contributed by atoms with van der Waals surface area (Å²) in [5.74, 6) is 1.10. The van der Waals surface area contributed by atoms with Gasteiger partial charge in [0.15, 0.2) is 0 Å². The first kappa shape index (κ1) is 20.8. The summed E-state index contributed by atoms with van der Waals surface area (Å²) in [6, 6.07) is 4.37. The fraction of sp³-hybridized carbons (Fsp3) is 0.391. The number of pyridine rings is 1. The minimum Gasteiger partial charge on any atom is -0.339 e. The Hall–Kier alpha value is -2.75. The molecule has 1 N–H and O–H groups in total. The van der Waals surface area contributed by atoms with E-state index in [1.165, 1.54) is 10.4 Å². The zero-order valence-corrected chi connectivity index (χ0v) is 20.0. The number of carbonyl (C=O) groups excluding carboxylic acids is 1. The first-order valence-electron chi connectivity index (χ1n) is 11.1. The molecule has 1 aliphatic heterocycles. The maximum atomic E-state index is 13.1. The average Bonchev–Trinajstić information content (AvgIpc) is 3.36.